The Bertz CT molecular complexity index is 657. The summed E-state index contributed by atoms with van der Waals surface area (Å²) in [6.07, 6.45) is 2.43. The number of hydrogen-bond acceptors (Lipinski definition) is 4. The van der Waals surface area contributed by atoms with Crippen LogP contribution < -0.4 is 10.0 Å². The van der Waals surface area contributed by atoms with Crippen molar-refractivity contribution in [2.24, 2.45) is 0 Å². The van der Waals surface area contributed by atoms with Crippen LogP contribution in [-0.2, 0) is 10.0 Å². The summed E-state index contributed by atoms with van der Waals surface area (Å²) in [5.74, 6) is 0.558. The Balaban J connectivity index is 2.21. The summed E-state index contributed by atoms with van der Waals surface area (Å²) >= 11 is 0. The topological polar surface area (TPSA) is 71.1 Å². The van der Waals surface area contributed by atoms with Gasteiger partial charge < -0.3 is 5.32 Å². The van der Waals surface area contributed by atoms with E-state index in [-0.39, 0.29) is 4.90 Å². The highest BCUT2D eigenvalue weighted by Crippen LogP contribution is 2.17. The van der Waals surface area contributed by atoms with E-state index in [2.05, 4.69) is 15.0 Å². The maximum atomic E-state index is 12.3. The van der Waals surface area contributed by atoms with E-state index < -0.39 is 10.0 Å². The number of hydrogen-bond donors (Lipinski definition) is 2. The third-order valence-corrected chi connectivity index (χ3v) is 4.00. The lowest BCUT2D eigenvalue weighted by molar-refractivity contribution is 0.601. The summed E-state index contributed by atoms with van der Waals surface area (Å²) in [6.45, 7) is 2.78. The number of pyridine rings is 1. The van der Waals surface area contributed by atoms with Gasteiger partial charge in [-0.15, -0.1) is 0 Å². The van der Waals surface area contributed by atoms with E-state index in [1.807, 2.05) is 13.0 Å². The van der Waals surface area contributed by atoms with Gasteiger partial charge in [-0.25, -0.2) is 13.4 Å². The van der Waals surface area contributed by atoms with Crippen molar-refractivity contribution in [3.05, 3.63) is 48.7 Å². The molecule has 1 heterocycles. The second-order valence-electron chi connectivity index (χ2n) is 4.28. The minimum Gasteiger partial charge on any atom is -0.370 e. The van der Waals surface area contributed by atoms with Crippen molar-refractivity contribution in [1.29, 1.82) is 0 Å². The van der Waals surface area contributed by atoms with Crippen LogP contribution in [0.2, 0.25) is 0 Å². The van der Waals surface area contributed by atoms with E-state index in [4.69, 9.17) is 0 Å². The van der Waals surface area contributed by atoms with Gasteiger partial charge in [0.25, 0.3) is 10.0 Å². The zero-order valence-electron chi connectivity index (χ0n) is 11.2. The summed E-state index contributed by atoms with van der Waals surface area (Å²) in [7, 11) is -3.59. The van der Waals surface area contributed by atoms with Crippen LogP contribution in [0, 0.1) is 0 Å². The average Bonchev–Trinajstić information content (AvgIpc) is 2.46. The van der Waals surface area contributed by atoms with Crippen LogP contribution in [0.1, 0.15) is 13.3 Å². The van der Waals surface area contributed by atoms with Crippen LogP contribution in [0.4, 0.5) is 11.5 Å². The molecule has 0 unspecified atom stereocenters. The summed E-state index contributed by atoms with van der Waals surface area (Å²) in [5, 5.41) is 3.07. The lowest BCUT2D eigenvalue weighted by Gasteiger charge is -2.09. The molecule has 0 spiro atoms. The summed E-state index contributed by atoms with van der Waals surface area (Å²) in [4.78, 5) is 4.28. The van der Waals surface area contributed by atoms with Gasteiger partial charge in [-0.2, -0.15) is 0 Å². The molecule has 6 heteroatoms. The minimum atomic E-state index is -3.59. The van der Waals surface area contributed by atoms with Crippen LogP contribution in [0.5, 0.6) is 0 Å². The molecule has 0 saturated carbocycles. The highest BCUT2D eigenvalue weighted by molar-refractivity contribution is 7.92. The summed E-state index contributed by atoms with van der Waals surface area (Å²) in [6, 6.07) is 11.8. The van der Waals surface area contributed by atoms with Crippen LogP contribution in [0.15, 0.2) is 53.6 Å². The molecule has 0 bridgehead atoms. The summed E-state index contributed by atoms with van der Waals surface area (Å²) in [5.41, 5.74) is 0.535. The number of anilines is 2. The van der Waals surface area contributed by atoms with Crippen molar-refractivity contribution in [2.45, 2.75) is 18.2 Å². The Hall–Kier alpha value is -2.08. The smallest absolute Gasteiger partial charge is 0.262 e. The lowest BCUT2D eigenvalue weighted by atomic mass is 10.3. The normalized spacial score (nSPS) is 11.1. The molecular formula is C14H17N3O2S. The Labute approximate surface area is 119 Å². The molecule has 5 nitrogen and oxygen atoms in total. The van der Waals surface area contributed by atoms with E-state index in [0.717, 1.165) is 13.0 Å². The molecule has 2 aromatic rings. The molecule has 0 atom stereocenters. The average molecular weight is 291 g/mol. The number of benzene rings is 1. The van der Waals surface area contributed by atoms with Gasteiger partial charge >= 0.3 is 0 Å². The number of para-hydroxylation sites is 1. The van der Waals surface area contributed by atoms with Gasteiger partial charge in [-0.1, -0.05) is 25.1 Å². The third-order valence-electron chi connectivity index (χ3n) is 2.62. The van der Waals surface area contributed by atoms with Gasteiger partial charge in [-0.3, -0.25) is 4.72 Å². The van der Waals surface area contributed by atoms with E-state index >= 15 is 0 Å². The van der Waals surface area contributed by atoms with Gasteiger partial charge in [0.15, 0.2) is 0 Å². The van der Waals surface area contributed by atoms with Crippen molar-refractivity contribution >= 4 is 21.5 Å². The first-order valence-electron chi connectivity index (χ1n) is 6.39. The number of nitrogens with one attached hydrogen (secondary N) is 2. The molecule has 0 aliphatic heterocycles. The number of sulfonamides is 1. The predicted octanol–water partition coefficient (Wildman–Crippen LogP) is 2.70. The number of nitrogens with zero attached hydrogens (tertiary/aromatic N) is 1. The van der Waals surface area contributed by atoms with Crippen LogP contribution in [0.25, 0.3) is 0 Å². The molecule has 2 rings (SSSR count). The van der Waals surface area contributed by atoms with Crippen molar-refractivity contribution in [3.8, 4) is 0 Å². The fourth-order valence-corrected chi connectivity index (χ4v) is 2.72. The fraction of sp³-hybridized carbons (Fsp3) is 0.214. The quantitative estimate of drug-likeness (QED) is 0.858. The molecule has 1 aromatic carbocycles. The second kappa shape index (κ2) is 6.38. The molecular weight excluding hydrogens is 274 g/mol. The molecule has 0 amide bonds. The molecule has 0 saturated heterocycles. The van der Waals surface area contributed by atoms with Gasteiger partial charge in [0.2, 0.25) is 0 Å². The van der Waals surface area contributed by atoms with Crippen molar-refractivity contribution in [1.82, 2.24) is 4.98 Å². The van der Waals surface area contributed by atoms with Gasteiger partial charge in [0.05, 0.1) is 4.90 Å². The maximum absolute atomic E-state index is 12.3. The highest BCUT2D eigenvalue weighted by Gasteiger charge is 2.14. The molecule has 0 fully saturated rings. The van der Waals surface area contributed by atoms with Crippen molar-refractivity contribution in [2.75, 3.05) is 16.6 Å². The first-order valence-corrected chi connectivity index (χ1v) is 7.88. The molecule has 0 aliphatic rings. The first-order chi connectivity index (χ1) is 9.62. The lowest BCUT2D eigenvalue weighted by Crippen LogP contribution is -2.13. The van der Waals surface area contributed by atoms with E-state index in [1.165, 1.54) is 18.3 Å². The molecule has 2 N–H and O–H groups in total. The van der Waals surface area contributed by atoms with E-state index in [9.17, 15) is 8.42 Å². The molecule has 106 valence electrons. The van der Waals surface area contributed by atoms with Crippen LogP contribution in [-0.4, -0.2) is 19.9 Å². The maximum Gasteiger partial charge on any atom is 0.262 e. The molecule has 1 aromatic heterocycles. The van der Waals surface area contributed by atoms with Gasteiger partial charge in [0.1, 0.15) is 5.82 Å². The second-order valence-corrected chi connectivity index (χ2v) is 5.96. The Morgan fingerprint density at radius 1 is 1.15 bits per heavy atom. The Morgan fingerprint density at radius 3 is 2.60 bits per heavy atom. The summed E-state index contributed by atoms with van der Waals surface area (Å²) < 4.78 is 27.1. The fourth-order valence-electron chi connectivity index (χ4n) is 1.65. The predicted molar refractivity (Wildman–Crippen MR) is 80.3 cm³/mol. The standard InChI is InChI=1S/C14H17N3O2S/c1-2-9-15-14-11-13(8-10-16-14)20(18,19)17-12-6-4-3-5-7-12/h3-8,10-11,17H,2,9H2,1H3,(H,15,16). The Morgan fingerprint density at radius 2 is 1.90 bits per heavy atom. The highest BCUT2D eigenvalue weighted by atomic mass is 32.2. The zero-order chi connectivity index (χ0) is 14.4. The van der Waals surface area contributed by atoms with E-state index in [1.54, 1.807) is 24.3 Å². The minimum absolute atomic E-state index is 0.190. The monoisotopic (exact) mass is 291 g/mol. The zero-order valence-corrected chi connectivity index (χ0v) is 12.0. The van der Waals surface area contributed by atoms with Gasteiger partial charge in [0, 0.05) is 24.5 Å². The molecule has 0 aliphatic carbocycles. The van der Waals surface area contributed by atoms with E-state index in [0.29, 0.717) is 11.5 Å². The van der Waals surface area contributed by atoms with Crippen molar-refractivity contribution < 1.29 is 8.42 Å². The van der Waals surface area contributed by atoms with Crippen molar-refractivity contribution in [3.63, 3.8) is 0 Å². The third kappa shape index (κ3) is 3.71. The largest absolute Gasteiger partial charge is 0.370 e. The van der Waals surface area contributed by atoms with Crippen LogP contribution >= 0.6 is 0 Å². The van der Waals surface area contributed by atoms with Gasteiger partial charge in [-0.05, 0) is 24.6 Å². The number of rotatable bonds is 6. The first kappa shape index (κ1) is 14.3. The molecule has 0 radical (unpaired) electrons. The SMILES string of the molecule is CCCNc1cc(S(=O)(=O)Nc2ccccc2)ccn1. The Kier molecular flexibility index (Phi) is 4.57. The molecule has 20 heavy (non-hydrogen) atoms. The van der Waals surface area contributed by atoms with Crippen LogP contribution in [0.3, 0.4) is 0 Å². The number of aromatic nitrogens is 1.